The molecule has 0 radical (unpaired) electrons. The summed E-state index contributed by atoms with van der Waals surface area (Å²) in [5.41, 5.74) is 5.21. The number of anilines is 1. The van der Waals surface area contributed by atoms with Crippen LogP contribution in [0, 0.1) is 13.8 Å². The van der Waals surface area contributed by atoms with E-state index >= 15 is 0 Å². The van der Waals surface area contributed by atoms with Gasteiger partial charge in [0.25, 0.3) is 5.91 Å². The van der Waals surface area contributed by atoms with Gasteiger partial charge in [-0.3, -0.25) is 9.59 Å². The number of nitrogens with one attached hydrogen (secondary N) is 2. The number of benzene rings is 1. The second-order valence-electron chi connectivity index (χ2n) is 6.17. The lowest BCUT2D eigenvalue weighted by molar-refractivity contribution is 0.101. The van der Waals surface area contributed by atoms with Crippen LogP contribution in [0.5, 0.6) is 0 Å². The lowest BCUT2D eigenvalue weighted by Gasteiger charge is -2.07. The Bertz CT molecular complexity index is 968. The number of hydrogen-bond donors (Lipinski definition) is 2. The summed E-state index contributed by atoms with van der Waals surface area (Å²) in [6, 6.07) is 7.59. The molecule has 0 bridgehead atoms. The standard InChI is InChI=1S/C20H21N3O2S/c1-5-16-18(12(3)24)11(2)21-19(16)20(25)23-15-8-6-14(7-9-15)17-10-26-13(4)22-17/h6-10,21H,5H2,1-4H3,(H,23,25). The van der Waals surface area contributed by atoms with Gasteiger partial charge in [0.15, 0.2) is 5.78 Å². The zero-order chi connectivity index (χ0) is 18.8. The van der Waals surface area contributed by atoms with E-state index in [4.69, 9.17) is 0 Å². The van der Waals surface area contributed by atoms with E-state index in [0.717, 1.165) is 27.5 Å². The number of carbonyl (C=O) groups excluding carboxylic acids is 2. The molecule has 0 atom stereocenters. The highest BCUT2D eigenvalue weighted by molar-refractivity contribution is 7.09. The van der Waals surface area contributed by atoms with Crippen LogP contribution in [0.25, 0.3) is 11.3 Å². The predicted octanol–water partition coefficient (Wildman–Crippen LogP) is 4.77. The van der Waals surface area contributed by atoms with Crippen molar-refractivity contribution in [1.82, 2.24) is 9.97 Å². The maximum atomic E-state index is 12.7. The Kier molecular flexibility index (Phi) is 5.04. The van der Waals surface area contributed by atoms with Gasteiger partial charge in [-0.25, -0.2) is 4.98 Å². The summed E-state index contributed by atoms with van der Waals surface area (Å²) in [4.78, 5) is 32.1. The first kappa shape index (κ1) is 18.1. The van der Waals surface area contributed by atoms with Crippen LogP contribution in [0.2, 0.25) is 0 Å². The molecule has 3 rings (SSSR count). The van der Waals surface area contributed by atoms with Gasteiger partial charge in [-0.2, -0.15) is 0 Å². The Morgan fingerprint density at radius 2 is 1.88 bits per heavy atom. The highest BCUT2D eigenvalue weighted by Gasteiger charge is 2.21. The number of aryl methyl sites for hydroxylation is 2. The molecule has 26 heavy (non-hydrogen) atoms. The third-order valence-electron chi connectivity index (χ3n) is 4.28. The summed E-state index contributed by atoms with van der Waals surface area (Å²) < 4.78 is 0. The third kappa shape index (κ3) is 3.46. The first-order chi connectivity index (χ1) is 12.4. The SMILES string of the molecule is CCc1c(C(=O)Nc2ccc(-c3csc(C)n3)cc2)[nH]c(C)c1C(C)=O. The van der Waals surface area contributed by atoms with Gasteiger partial charge in [-0.05, 0) is 44.9 Å². The van der Waals surface area contributed by atoms with Crippen LogP contribution >= 0.6 is 11.3 Å². The second-order valence-corrected chi connectivity index (χ2v) is 7.23. The monoisotopic (exact) mass is 367 g/mol. The molecule has 0 aliphatic heterocycles. The summed E-state index contributed by atoms with van der Waals surface area (Å²) >= 11 is 1.61. The fourth-order valence-electron chi connectivity index (χ4n) is 3.11. The predicted molar refractivity (Wildman–Crippen MR) is 105 cm³/mol. The Balaban J connectivity index is 1.82. The molecule has 0 spiro atoms. The smallest absolute Gasteiger partial charge is 0.272 e. The number of aromatic nitrogens is 2. The number of hydrogen-bond acceptors (Lipinski definition) is 4. The van der Waals surface area contributed by atoms with E-state index < -0.39 is 0 Å². The van der Waals surface area contributed by atoms with Crippen LogP contribution < -0.4 is 5.32 Å². The minimum Gasteiger partial charge on any atom is -0.354 e. The molecule has 0 aliphatic carbocycles. The first-order valence-corrected chi connectivity index (χ1v) is 9.35. The molecule has 2 aromatic heterocycles. The lowest BCUT2D eigenvalue weighted by Crippen LogP contribution is -2.14. The minimum absolute atomic E-state index is 0.0300. The molecular formula is C20H21N3O2S. The number of amides is 1. The molecule has 1 amide bonds. The maximum Gasteiger partial charge on any atom is 0.272 e. The fourth-order valence-corrected chi connectivity index (χ4v) is 3.74. The normalized spacial score (nSPS) is 10.8. The maximum absolute atomic E-state index is 12.7. The Hall–Kier alpha value is -2.73. The van der Waals surface area contributed by atoms with E-state index in [2.05, 4.69) is 15.3 Å². The molecule has 2 heterocycles. The number of ketones is 1. The van der Waals surface area contributed by atoms with Gasteiger partial charge in [-0.1, -0.05) is 19.1 Å². The molecule has 0 aliphatic rings. The van der Waals surface area contributed by atoms with Gasteiger partial charge >= 0.3 is 0 Å². The van der Waals surface area contributed by atoms with Crippen molar-refractivity contribution in [2.24, 2.45) is 0 Å². The van der Waals surface area contributed by atoms with Crippen molar-refractivity contribution >= 4 is 28.7 Å². The van der Waals surface area contributed by atoms with Gasteiger partial charge in [-0.15, -0.1) is 11.3 Å². The molecule has 0 saturated carbocycles. The van der Waals surface area contributed by atoms with Gasteiger partial charge in [0.05, 0.1) is 10.7 Å². The summed E-state index contributed by atoms with van der Waals surface area (Å²) in [5, 5.41) is 5.93. The zero-order valence-corrected chi connectivity index (χ0v) is 16.1. The number of rotatable bonds is 5. The number of Topliss-reactive ketones (excluding diaryl/α,β-unsaturated/α-hetero) is 1. The summed E-state index contributed by atoms with van der Waals surface area (Å²) in [6.07, 6.45) is 0.615. The average molecular weight is 367 g/mol. The highest BCUT2D eigenvalue weighted by Crippen LogP contribution is 2.24. The van der Waals surface area contributed by atoms with Crippen molar-refractivity contribution in [3.05, 3.63) is 57.2 Å². The first-order valence-electron chi connectivity index (χ1n) is 8.47. The topological polar surface area (TPSA) is 74.8 Å². The number of H-pyrrole nitrogens is 1. The largest absolute Gasteiger partial charge is 0.354 e. The van der Waals surface area contributed by atoms with Crippen LogP contribution in [0.15, 0.2) is 29.6 Å². The quantitative estimate of drug-likeness (QED) is 0.638. The number of carbonyl (C=O) groups is 2. The molecule has 6 heteroatoms. The van der Waals surface area contributed by atoms with E-state index in [9.17, 15) is 9.59 Å². The lowest BCUT2D eigenvalue weighted by atomic mass is 10.0. The molecule has 0 fully saturated rings. The van der Waals surface area contributed by atoms with Crippen molar-refractivity contribution in [1.29, 1.82) is 0 Å². The highest BCUT2D eigenvalue weighted by atomic mass is 32.1. The second kappa shape index (κ2) is 7.25. The molecule has 0 saturated heterocycles. The molecule has 5 nitrogen and oxygen atoms in total. The van der Waals surface area contributed by atoms with E-state index in [1.807, 2.05) is 50.4 Å². The van der Waals surface area contributed by atoms with Crippen LogP contribution in [0.3, 0.4) is 0 Å². The number of thiazole rings is 1. The molecular weight excluding hydrogens is 346 g/mol. The minimum atomic E-state index is -0.241. The number of nitrogens with zero attached hydrogens (tertiary/aromatic N) is 1. The molecule has 2 N–H and O–H groups in total. The van der Waals surface area contributed by atoms with Crippen LogP contribution in [0.1, 0.15) is 51.0 Å². The number of aromatic amines is 1. The molecule has 0 unspecified atom stereocenters. The fraction of sp³-hybridized carbons (Fsp3) is 0.250. The Labute approximate surface area is 156 Å². The van der Waals surface area contributed by atoms with Gasteiger partial charge in [0, 0.05) is 27.9 Å². The summed E-state index contributed by atoms with van der Waals surface area (Å²) in [6.45, 7) is 7.26. The van der Waals surface area contributed by atoms with Crippen molar-refractivity contribution in [3.8, 4) is 11.3 Å². The van der Waals surface area contributed by atoms with Crippen LogP contribution in [-0.4, -0.2) is 21.7 Å². The van der Waals surface area contributed by atoms with Gasteiger partial charge in [0.2, 0.25) is 0 Å². The van der Waals surface area contributed by atoms with E-state index in [0.29, 0.717) is 23.4 Å². The van der Waals surface area contributed by atoms with Crippen molar-refractivity contribution in [2.75, 3.05) is 5.32 Å². The van der Waals surface area contributed by atoms with E-state index in [1.54, 1.807) is 11.3 Å². The Morgan fingerprint density at radius 1 is 1.19 bits per heavy atom. The average Bonchev–Trinajstić information content (AvgIpc) is 3.18. The van der Waals surface area contributed by atoms with Crippen molar-refractivity contribution in [3.63, 3.8) is 0 Å². The molecule has 3 aromatic rings. The summed E-state index contributed by atoms with van der Waals surface area (Å²) in [7, 11) is 0. The summed E-state index contributed by atoms with van der Waals surface area (Å²) in [5.74, 6) is -0.271. The van der Waals surface area contributed by atoms with Crippen molar-refractivity contribution < 1.29 is 9.59 Å². The van der Waals surface area contributed by atoms with Gasteiger partial charge in [0.1, 0.15) is 5.69 Å². The third-order valence-corrected chi connectivity index (χ3v) is 5.05. The zero-order valence-electron chi connectivity index (χ0n) is 15.3. The van der Waals surface area contributed by atoms with Crippen LogP contribution in [0.4, 0.5) is 5.69 Å². The van der Waals surface area contributed by atoms with Gasteiger partial charge < -0.3 is 10.3 Å². The van der Waals surface area contributed by atoms with E-state index in [1.165, 1.54) is 6.92 Å². The molecule has 1 aromatic carbocycles. The molecule has 134 valence electrons. The van der Waals surface area contributed by atoms with Crippen molar-refractivity contribution in [2.45, 2.75) is 34.1 Å². The Morgan fingerprint density at radius 3 is 2.42 bits per heavy atom. The van der Waals surface area contributed by atoms with E-state index in [-0.39, 0.29) is 11.7 Å². The van der Waals surface area contributed by atoms with Crippen LogP contribution in [-0.2, 0) is 6.42 Å².